The summed E-state index contributed by atoms with van der Waals surface area (Å²) in [6, 6.07) is 11.9. The number of rotatable bonds is 4. The van der Waals surface area contributed by atoms with Crippen LogP contribution in [0.1, 0.15) is 30.1 Å². The number of fused-ring (bicyclic) bond motifs is 1. The predicted molar refractivity (Wildman–Crippen MR) is 83.0 cm³/mol. The van der Waals surface area contributed by atoms with Gasteiger partial charge in [-0.2, -0.15) is 0 Å². The quantitative estimate of drug-likeness (QED) is 0.799. The van der Waals surface area contributed by atoms with Gasteiger partial charge in [0.1, 0.15) is 5.82 Å². The number of nitrogens with zero attached hydrogens (tertiary/aromatic N) is 3. The van der Waals surface area contributed by atoms with E-state index < -0.39 is 6.10 Å². The largest absolute Gasteiger partial charge is 0.388 e. The van der Waals surface area contributed by atoms with Crippen LogP contribution in [0.3, 0.4) is 0 Å². The van der Waals surface area contributed by atoms with Crippen LogP contribution in [0, 0.1) is 6.92 Å². The van der Waals surface area contributed by atoms with Crippen molar-refractivity contribution in [3.05, 3.63) is 59.7 Å². The SMILES string of the molecule is CCn1c(CC(O)c2cccnc2C)nc2ccccc21. The molecule has 0 saturated heterocycles. The molecule has 1 aromatic carbocycles. The lowest BCUT2D eigenvalue weighted by atomic mass is 10.1. The van der Waals surface area contributed by atoms with Gasteiger partial charge in [0.15, 0.2) is 0 Å². The van der Waals surface area contributed by atoms with E-state index in [4.69, 9.17) is 0 Å². The number of para-hydroxylation sites is 2. The smallest absolute Gasteiger partial charge is 0.112 e. The number of aliphatic hydroxyl groups excluding tert-OH is 1. The molecule has 0 aliphatic carbocycles. The zero-order valence-electron chi connectivity index (χ0n) is 12.3. The van der Waals surface area contributed by atoms with Gasteiger partial charge in [0.05, 0.1) is 17.1 Å². The van der Waals surface area contributed by atoms with Gasteiger partial charge < -0.3 is 9.67 Å². The lowest BCUT2D eigenvalue weighted by Gasteiger charge is -2.13. The van der Waals surface area contributed by atoms with Crippen LogP contribution in [0.15, 0.2) is 42.6 Å². The Morgan fingerprint density at radius 1 is 1.19 bits per heavy atom. The molecule has 3 aromatic rings. The fourth-order valence-corrected chi connectivity index (χ4v) is 2.77. The molecule has 108 valence electrons. The lowest BCUT2D eigenvalue weighted by Crippen LogP contribution is -2.10. The number of aliphatic hydroxyl groups is 1. The van der Waals surface area contributed by atoms with E-state index in [2.05, 4.69) is 27.5 Å². The summed E-state index contributed by atoms with van der Waals surface area (Å²) in [5.41, 5.74) is 3.82. The third-order valence-corrected chi connectivity index (χ3v) is 3.83. The fourth-order valence-electron chi connectivity index (χ4n) is 2.77. The van der Waals surface area contributed by atoms with Gasteiger partial charge in [-0.1, -0.05) is 18.2 Å². The van der Waals surface area contributed by atoms with Gasteiger partial charge in [-0.05, 0) is 32.0 Å². The van der Waals surface area contributed by atoms with Crippen LogP contribution in [-0.4, -0.2) is 19.6 Å². The van der Waals surface area contributed by atoms with Crippen molar-refractivity contribution >= 4 is 11.0 Å². The maximum atomic E-state index is 10.5. The highest BCUT2D eigenvalue weighted by Crippen LogP contribution is 2.23. The molecule has 0 spiro atoms. The van der Waals surface area contributed by atoms with Gasteiger partial charge in [-0.25, -0.2) is 4.98 Å². The number of hydrogen-bond donors (Lipinski definition) is 1. The molecule has 0 aliphatic rings. The van der Waals surface area contributed by atoms with Crippen molar-refractivity contribution in [3.8, 4) is 0 Å². The average molecular weight is 281 g/mol. The first kappa shape index (κ1) is 13.8. The highest BCUT2D eigenvalue weighted by Gasteiger charge is 2.16. The Labute approximate surface area is 124 Å². The normalized spacial score (nSPS) is 12.7. The predicted octanol–water partition coefficient (Wildman–Crippen LogP) is 3.04. The van der Waals surface area contributed by atoms with Crippen LogP contribution < -0.4 is 0 Å². The molecule has 0 radical (unpaired) electrons. The molecule has 1 unspecified atom stereocenters. The van der Waals surface area contributed by atoms with Crippen LogP contribution in [0.2, 0.25) is 0 Å². The third kappa shape index (κ3) is 2.54. The maximum Gasteiger partial charge on any atom is 0.112 e. The number of aryl methyl sites for hydroxylation is 2. The van der Waals surface area contributed by atoms with Crippen LogP contribution in [0.25, 0.3) is 11.0 Å². The molecule has 2 aromatic heterocycles. The van der Waals surface area contributed by atoms with Crippen molar-refractivity contribution < 1.29 is 5.11 Å². The van der Waals surface area contributed by atoms with Gasteiger partial charge in [-0.15, -0.1) is 0 Å². The van der Waals surface area contributed by atoms with Crippen molar-refractivity contribution in [3.63, 3.8) is 0 Å². The zero-order chi connectivity index (χ0) is 14.8. The summed E-state index contributed by atoms with van der Waals surface area (Å²) >= 11 is 0. The molecular weight excluding hydrogens is 262 g/mol. The molecule has 4 nitrogen and oxygen atoms in total. The monoisotopic (exact) mass is 281 g/mol. The molecule has 0 amide bonds. The minimum atomic E-state index is -0.583. The molecular formula is C17H19N3O. The minimum absolute atomic E-state index is 0.495. The molecule has 4 heteroatoms. The lowest BCUT2D eigenvalue weighted by molar-refractivity contribution is 0.173. The summed E-state index contributed by atoms with van der Waals surface area (Å²) in [7, 11) is 0. The van der Waals surface area contributed by atoms with Crippen LogP contribution in [0.4, 0.5) is 0 Å². The van der Waals surface area contributed by atoms with Gasteiger partial charge in [0.25, 0.3) is 0 Å². The van der Waals surface area contributed by atoms with E-state index in [1.165, 1.54) is 0 Å². The number of pyridine rings is 1. The second kappa shape index (κ2) is 5.66. The van der Waals surface area contributed by atoms with E-state index in [1.54, 1.807) is 6.20 Å². The summed E-state index contributed by atoms with van der Waals surface area (Å²) in [4.78, 5) is 8.90. The summed E-state index contributed by atoms with van der Waals surface area (Å²) in [5.74, 6) is 0.912. The van der Waals surface area contributed by atoms with Crippen LogP contribution in [-0.2, 0) is 13.0 Å². The van der Waals surface area contributed by atoms with Gasteiger partial charge in [0.2, 0.25) is 0 Å². The van der Waals surface area contributed by atoms with Crippen LogP contribution >= 0.6 is 0 Å². The van der Waals surface area contributed by atoms with Gasteiger partial charge in [0, 0.05) is 30.4 Å². The molecule has 0 fully saturated rings. The summed E-state index contributed by atoms with van der Waals surface area (Å²) < 4.78 is 2.16. The Hall–Kier alpha value is -2.20. The Balaban J connectivity index is 1.96. The number of aromatic nitrogens is 3. The van der Waals surface area contributed by atoms with E-state index in [-0.39, 0.29) is 0 Å². The summed E-state index contributed by atoms with van der Waals surface area (Å²) in [6.07, 6.45) is 1.66. The maximum absolute atomic E-state index is 10.5. The van der Waals surface area contributed by atoms with E-state index in [1.807, 2.05) is 37.3 Å². The summed E-state index contributed by atoms with van der Waals surface area (Å²) in [5, 5.41) is 10.5. The molecule has 0 aliphatic heterocycles. The van der Waals surface area contributed by atoms with Gasteiger partial charge >= 0.3 is 0 Å². The van der Waals surface area contributed by atoms with Crippen molar-refractivity contribution in [2.24, 2.45) is 0 Å². The van der Waals surface area contributed by atoms with Crippen molar-refractivity contribution in [1.82, 2.24) is 14.5 Å². The van der Waals surface area contributed by atoms with Crippen LogP contribution in [0.5, 0.6) is 0 Å². The first-order chi connectivity index (χ1) is 10.2. The molecule has 2 heterocycles. The molecule has 0 bridgehead atoms. The molecule has 1 N–H and O–H groups in total. The fraction of sp³-hybridized carbons (Fsp3) is 0.294. The first-order valence-corrected chi connectivity index (χ1v) is 7.24. The van der Waals surface area contributed by atoms with Crippen molar-refractivity contribution in [2.45, 2.75) is 32.9 Å². The van der Waals surface area contributed by atoms with Crippen molar-refractivity contribution in [1.29, 1.82) is 0 Å². The number of imidazole rings is 1. The highest BCUT2D eigenvalue weighted by molar-refractivity contribution is 5.75. The van der Waals surface area contributed by atoms with Crippen molar-refractivity contribution in [2.75, 3.05) is 0 Å². The molecule has 3 rings (SSSR count). The zero-order valence-corrected chi connectivity index (χ0v) is 12.3. The Morgan fingerprint density at radius 2 is 2.00 bits per heavy atom. The Kier molecular flexibility index (Phi) is 3.71. The highest BCUT2D eigenvalue weighted by atomic mass is 16.3. The van der Waals surface area contributed by atoms with E-state index in [0.717, 1.165) is 34.7 Å². The average Bonchev–Trinajstić information content (AvgIpc) is 2.84. The topological polar surface area (TPSA) is 50.9 Å². The second-order valence-electron chi connectivity index (χ2n) is 5.16. The first-order valence-electron chi connectivity index (χ1n) is 7.24. The molecule has 0 saturated carbocycles. The van der Waals surface area contributed by atoms with E-state index in [9.17, 15) is 5.11 Å². The van der Waals surface area contributed by atoms with Gasteiger partial charge in [-0.3, -0.25) is 4.98 Å². The standard InChI is InChI=1S/C17H19N3O/c1-3-20-15-9-5-4-8-14(15)19-17(20)11-16(21)13-7-6-10-18-12(13)2/h4-10,16,21H,3,11H2,1-2H3. The summed E-state index contributed by atoms with van der Waals surface area (Å²) in [6.45, 7) is 4.86. The molecule has 21 heavy (non-hydrogen) atoms. The Bertz CT molecular complexity index is 764. The van der Waals surface area contributed by atoms with E-state index >= 15 is 0 Å². The van der Waals surface area contributed by atoms with E-state index in [0.29, 0.717) is 6.42 Å². The second-order valence-corrected chi connectivity index (χ2v) is 5.16. The minimum Gasteiger partial charge on any atom is -0.388 e. The Morgan fingerprint density at radius 3 is 2.76 bits per heavy atom. The number of hydrogen-bond acceptors (Lipinski definition) is 3. The molecule has 1 atom stereocenters. The third-order valence-electron chi connectivity index (χ3n) is 3.83. The number of benzene rings is 1.